The average Bonchev–Trinajstić information content (AvgIpc) is 3.19. The summed E-state index contributed by atoms with van der Waals surface area (Å²) >= 11 is 3.41. The number of aryl methyl sites for hydroxylation is 2. The van der Waals surface area contributed by atoms with Gasteiger partial charge in [-0.15, -0.1) is 23.1 Å². The van der Waals surface area contributed by atoms with Gasteiger partial charge in [0, 0.05) is 10.4 Å². The van der Waals surface area contributed by atoms with Crippen LogP contribution in [0.25, 0.3) is 5.69 Å². The zero-order valence-corrected chi connectivity index (χ0v) is 15.9. The van der Waals surface area contributed by atoms with E-state index in [4.69, 9.17) is 5.10 Å². The fourth-order valence-electron chi connectivity index (χ4n) is 3.15. The zero-order chi connectivity index (χ0) is 17.6. The zero-order valence-electron chi connectivity index (χ0n) is 14.3. The van der Waals surface area contributed by atoms with E-state index < -0.39 is 0 Å². The van der Waals surface area contributed by atoms with Crippen molar-refractivity contribution in [3.63, 3.8) is 0 Å². The third kappa shape index (κ3) is 2.79. The fourth-order valence-corrected chi connectivity index (χ4v) is 5.42. The highest BCUT2D eigenvalue weighted by molar-refractivity contribution is 8.01. The first kappa shape index (κ1) is 16.4. The van der Waals surface area contributed by atoms with Gasteiger partial charge in [0.05, 0.1) is 21.9 Å². The number of rotatable bonds is 2. The largest absolute Gasteiger partial charge is 0.309 e. The van der Waals surface area contributed by atoms with Crippen LogP contribution in [0.3, 0.4) is 0 Å². The quantitative estimate of drug-likeness (QED) is 0.711. The van der Waals surface area contributed by atoms with E-state index in [1.807, 2.05) is 36.7 Å². The summed E-state index contributed by atoms with van der Waals surface area (Å²) in [6, 6.07) is 12.3. The summed E-state index contributed by atoms with van der Waals surface area (Å²) in [5, 5.41) is 9.98. The number of aromatic nitrogens is 2. The number of thiophene rings is 1. The number of amides is 1. The van der Waals surface area contributed by atoms with Crippen LogP contribution in [-0.2, 0) is 4.79 Å². The molecule has 1 aromatic carbocycles. The van der Waals surface area contributed by atoms with Crippen molar-refractivity contribution in [1.82, 2.24) is 9.78 Å². The minimum Gasteiger partial charge on any atom is -0.309 e. The molecule has 0 aliphatic carbocycles. The Morgan fingerprint density at radius 3 is 2.68 bits per heavy atom. The molecule has 6 heteroatoms. The molecule has 0 unspecified atom stereocenters. The van der Waals surface area contributed by atoms with Crippen molar-refractivity contribution in [2.24, 2.45) is 0 Å². The van der Waals surface area contributed by atoms with Gasteiger partial charge >= 0.3 is 0 Å². The van der Waals surface area contributed by atoms with Gasteiger partial charge < -0.3 is 5.32 Å². The van der Waals surface area contributed by atoms with Gasteiger partial charge in [-0.25, -0.2) is 4.68 Å². The Morgan fingerprint density at radius 2 is 1.96 bits per heavy atom. The second kappa shape index (κ2) is 6.35. The second-order valence-electron chi connectivity index (χ2n) is 6.21. The normalized spacial score (nSPS) is 20.0. The van der Waals surface area contributed by atoms with Gasteiger partial charge in [0.1, 0.15) is 5.82 Å². The Morgan fingerprint density at radius 1 is 1.16 bits per heavy atom. The third-order valence-corrected chi connectivity index (χ3v) is 6.94. The maximum atomic E-state index is 12.6. The molecule has 0 saturated carbocycles. The van der Waals surface area contributed by atoms with Gasteiger partial charge in [0.2, 0.25) is 5.91 Å². The van der Waals surface area contributed by atoms with Gasteiger partial charge in [-0.1, -0.05) is 24.3 Å². The highest BCUT2D eigenvalue weighted by Crippen LogP contribution is 2.47. The van der Waals surface area contributed by atoms with Crippen LogP contribution in [0.1, 0.15) is 33.9 Å². The van der Waals surface area contributed by atoms with E-state index in [0.717, 1.165) is 28.3 Å². The molecule has 2 aromatic heterocycles. The molecule has 1 aliphatic heterocycles. The van der Waals surface area contributed by atoms with Crippen molar-refractivity contribution in [3.05, 3.63) is 63.5 Å². The first-order chi connectivity index (χ1) is 12.1. The minimum atomic E-state index is -0.121. The van der Waals surface area contributed by atoms with Gasteiger partial charge in [-0.2, -0.15) is 5.10 Å². The van der Waals surface area contributed by atoms with Crippen LogP contribution >= 0.6 is 23.1 Å². The number of carbonyl (C=O) groups is 1. The number of para-hydroxylation sites is 1. The summed E-state index contributed by atoms with van der Waals surface area (Å²) in [5.41, 5.74) is 4.18. The number of nitrogens with one attached hydrogen (secondary N) is 1. The predicted molar refractivity (Wildman–Crippen MR) is 105 cm³/mol. The van der Waals surface area contributed by atoms with E-state index in [2.05, 4.69) is 35.8 Å². The van der Waals surface area contributed by atoms with Gasteiger partial charge in [-0.05, 0) is 43.8 Å². The summed E-state index contributed by atoms with van der Waals surface area (Å²) in [6.07, 6.45) is 0. The number of thioether (sulfide) groups is 1. The molecule has 0 saturated heterocycles. The van der Waals surface area contributed by atoms with Crippen molar-refractivity contribution in [1.29, 1.82) is 0 Å². The monoisotopic (exact) mass is 369 g/mol. The molecule has 3 aromatic rings. The Balaban J connectivity index is 1.94. The van der Waals surface area contributed by atoms with Crippen LogP contribution in [0.5, 0.6) is 0 Å². The first-order valence-electron chi connectivity index (χ1n) is 8.21. The number of anilines is 1. The molecule has 128 valence electrons. The van der Waals surface area contributed by atoms with Crippen LogP contribution in [0, 0.1) is 13.8 Å². The summed E-state index contributed by atoms with van der Waals surface area (Å²) in [6.45, 7) is 6.05. The Hall–Kier alpha value is -2.05. The maximum Gasteiger partial charge on any atom is 0.238 e. The molecule has 25 heavy (non-hydrogen) atoms. The molecular weight excluding hydrogens is 350 g/mol. The van der Waals surface area contributed by atoms with Crippen LogP contribution in [-0.4, -0.2) is 20.9 Å². The SMILES string of the molecule is Cc1ccccc1-n1nc(C)c2c1NC(=O)[C@H](C)S[C@@H]2c1cccs1. The van der Waals surface area contributed by atoms with E-state index in [0.29, 0.717) is 0 Å². The molecule has 0 bridgehead atoms. The molecule has 4 rings (SSSR count). The number of hydrogen-bond donors (Lipinski definition) is 1. The molecular formula is C19H19N3OS2. The predicted octanol–water partition coefficient (Wildman–Crippen LogP) is 4.71. The Labute approximate surface area is 155 Å². The lowest BCUT2D eigenvalue weighted by Crippen LogP contribution is -2.22. The number of benzene rings is 1. The maximum absolute atomic E-state index is 12.6. The molecule has 1 N–H and O–H groups in total. The van der Waals surface area contributed by atoms with Gasteiger partial charge in [0.15, 0.2) is 0 Å². The van der Waals surface area contributed by atoms with Gasteiger partial charge in [-0.3, -0.25) is 4.79 Å². The second-order valence-corrected chi connectivity index (χ2v) is 8.64. The molecule has 2 atom stereocenters. The number of hydrogen-bond acceptors (Lipinski definition) is 4. The topological polar surface area (TPSA) is 46.9 Å². The Kier molecular flexibility index (Phi) is 4.17. The van der Waals surface area contributed by atoms with Crippen LogP contribution in [0.4, 0.5) is 5.82 Å². The summed E-state index contributed by atoms with van der Waals surface area (Å²) in [4.78, 5) is 13.9. The molecule has 3 heterocycles. The van der Waals surface area contributed by atoms with E-state index in [1.54, 1.807) is 23.1 Å². The molecule has 1 amide bonds. The molecule has 0 spiro atoms. The number of carbonyl (C=O) groups excluding carboxylic acids is 1. The van der Waals surface area contributed by atoms with E-state index in [9.17, 15) is 4.79 Å². The summed E-state index contributed by atoms with van der Waals surface area (Å²) in [5.74, 6) is 0.826. The number of fused-ring (bicyclic) bond motifs is 1. The summed E-state index contributed by atoms with van der Waals surface area (Å²) in [7, 11) is 0. The molecule has 0 fully saturated rings. The number of nitrogens with zero attached hydrogens (tertiary/aromatic N) is 2. The lowest BCUT2D eigenvalue weighted by Gasteiger charge is -2.15. The standard InChI is InChI=1S/C19H19N3OS2/c1-11-7-4-5-8-14(11)22-18-16(12(2)21-22)17(15-9-6-10-24-15)25-13(3)19(23)20-18/h4-10,13,17H,1-3H3,(H,20,23)/t13-,17+/m0/s1. The van der Waals surface area contributed by atoms with Crippen LogP contribution in [0.15, 0.2) is 41.8 Å². The summed E-state index contributed by atoms with van der Waals surface area (Å²) < 4.78 is 1.89. The van der Waals surface area contributed by atoms with Crippen molar-refractivity contribution < 1.29 is 4.79 Å². The Bertz CT molecular complexity index is 930. The first-order valence-corrected chi connectivity index (χ1v) is 10.0. The van der Waals surface area contributed by atoms with Crippen LogP contribution < -0.4 is 5.32 Å². The minimum absolute atomic E-state index is 0.0278. The van der Waals surface area contributed by atoms with E-state index in [-0.39, 0.29) is 16.4 Å². The fraction of sp³-hybridized carbons (Fsp3) is 0.263. The molecule has 0 radical (unpaired) electrons. The van der Waals surface area contributed by atoms with Crippen molar-refractivity contribution >= 4 is 34.8 Å². The lowest BCUT2D eigenvalue weighted by molar-refractivity contribution is -0.115. The molecule has 4 nitrogen and oxygen atoms in total. The lowest BCUT2D eigenvalue weighted by atomic mass is 10.1. The highest BCUT2D eigenvalue weighted by Gasteiger charge is 2.34. The van der Waals surface area contributed by atoms with Crippen molar-refractivity contribution in [3.8, 4) is 5.69 Å². The average molecular weight is 370 g/mol. The van der Waals surface area contributed by atoms with E-state index >= 15 is 0 Å². The van der Waals surface area contributed by atoms with Crippen LogP contribution in [0.2, 0.25) is 0 Å². The third-order valence-electron chi connectivity index (χ3n) is 4.47. The van der Waals surface area contributed by atoms with Crippen molar-refractivity contribution in [2.45, 2.75) is 31.3 Å². The van der Waals surface area contributed by atoms with E-state index in [1.165, 1.54) is 4.88 Å². The molecule has 1 aliphatic rings. The van der Waals surface area contributed by atoms with Gasteiger partial charge in [0.25, 0.3) is 0 Å². The smallest absolute Gasteiger partial charge is 0.238 e. The van der Waals surface area contributed by atoms with Crippen molar-refractivity contribution in [2.75, 3.05) is 5.32 Å². The highest BCUT2D eigenvalue weighted by atomic mass is 32.2.